The maximum atomic E-state index is 10.3. The largest absolute Gasteiger partial charge is 0.481 e. The molecule has 0 aliphatic rings. The first-order valence-electron chi connectivity index (χ1n) is 4.89. The van der Waals surface area contributed by atoms with Crippen molar-refractivity contribution in [1.29, 1.82) is 0 Å². The highest BCUT2D eigenvalue weighted by Crippen LogP contribution is 2.03. The lowest BCUT2D eigenvalue weighted by atomic mass is 10.2. The van der Waals surface area contributed by atoms with Gasteiger partial charge in [0, 0.05) is 25.6 Å². The van der Waals surface area contributed by atoms with Gasteiger partial charge in [-0.1, -0.05) is 0 Å². The van der Waals surface area contributed by atoms with Crippen LogP contribution in [0.3, 0.4) is 0 Å². The van der Waals surface area contributed by atoms with E-state index in [0.29, 0.717) is 6.42 Å². The van der Waals surface area contributed by atoms with Crippen LogP contribution in [0.4, 0.5) is 0 Å². The number of hydrogen-bond acceptors (Lipinski definition) is 2. The highest BCUT2D eigenvalue weighted by Gasteiger charge is 2.01. The Morgan fingerprint density at radius 1 is 1.67 bits per heavy atom. The summed E-state index contributed by atoms with van der Waals surface area (Å²) in [5.74, 6) is 1.78. The molecule has 0 saturated heterocycles. The predicted octanol–water partition coefficient (Wildman–Crippen LogP) is 1.31. The molecule has 0 aromatic carbocycles. The van der Waals surface area contributed by atoms with Gasteiger partial charge in [-0.2, -0.15) is 5.10 Å². The van der Waals surface area contributed by atoms with Crippen LogP contribution in [-0.2, 0) is 17.8 Å². The maximum Gasteiger partial charge on any atom is 0.303 e. The molecule has 1 aromatic rings. The smallest absolute Gasteiger partial charge is 0.303 e. The van der Waals surface area contributed by atoms with E-state index in [1.165, 1.54) is 0 Å². The molecule has 0 unspecified atom stereocenters. The van der Waals surface area contributed by atoms with Crippen LogP contribution in [0.15, 0.2) is 12.4 Å². The zero-order valence-corrected chi connectivity index (χ0v) is 8.52. The zero-order valence-electron chi connectivity index (χ0n) is 8.52. The Balaban J connectivity index is 2.36. The van der Waals surface area contributed by atoms with Gasteiger partial charge in [-0.15, -0.1) is 12.3 Å². The molecule has 15 heavy (non-hydrogen) atoms. The summed E-state index contributed by atoms with van der Waals surface area (Å²) in [7, 11) is 0. The summed E-state index contributed by atoms with van der Waals surface area (Å²) in [6, 6.07) is 0. The second-order valence-corrected chi connectivity index (χ2v) is 3.31. The van der Waals surface area contributed by atoms with Gasteiger partial charge in [-0.05, 0) is 18.4 Å². The van der Waals surface area contributed by atoms with Gasteiger partial charge >= 0.3 is 5.97 Å². The van der Waals surface area contributed by atoms with Crippen LogP contribution >= 0.6 is 0 Å². The molecule has 1 rings (SSSR count). The minimum atomic E-state index is -0.782. The molecule has 0 fully saturated rings. The maximum absolute atomic E-state index is 10.3. The van der Waals surface area contributed by atoms with E-state index in [-0.39, 0.29) is 6.42 Å². The molecule has 1 aromatic heterocycles. The van der Waals surface area contributed by atoms with Crippen molar-refractivity contribution in [3.8, 4) is 12.3 Å². The van der Waals surface area contributed by atoms with E-state index in [9.17, 15) is 4.79 Å². The summed E-state index contributed by atoms with van der Waals surface area (Å²) in [4.78, 5) is 10.3. The highest BCUT2D eigenvalue weighted by atomic mass is 16.4. The molecule has 0 aliphatic carbocycles. The monoisotopic (exact) mass is 206 g/mol. The van der Waals surface area contributed by atoms with Crippen LogP contribution in [0.25, 0.3) is 0 Å². The van der Waals surface area contributed by atoms with Crippen molar-refractivity contribution in [1.82, 2.24) is 9.78 Å². The minimum Gasteiger partial charge on any atom is -0.481 e. The fourth-order valence-corrected chi connectivity index (χ4v) is 1.25. The lowest BCUT2D eigenvalue weighted by molar-refractivity contribution is -0.136. The summed E-state index contributed by atoms with van der Waals surface area (Å²) in [6.45, 7) is 0.789. The van der Waals surface area contributed by atoms with Gasteiger partial charge in [0.25, 0.3) is 0 Å². The number of aryl methyl sites for hydroxylation is 2. The molecule has 0 saturated carbocycles. The van der Waals surface area contributed by atoms with Crippen LogP contribution in [0.5, 0.6) is 0 Å². The zero-order chi connectivity index (χ0) is 11.1. The number of unbranched alkanes of at least 4 members (excludes halogenated alkanes) is 1. The second-order valence-electron chi connectivity index (χ2n) is 3.31. The number of terminal acetylenes is 1. The van der Waals surface area contributed by atoms with Crippen LogP contribution in [-0.4, -0.2) is 20.9 Å². The van der Waals surface area contributed by atoms with E-state index in [1.807, 2.05) is 6.20 Å². The van der Waals surface area contributed by atoms with Crippen molar-refractivity contribution < 1.29 is 9.90 Å². The normalized spacial score (nSPS) is 9.80. The van der Waals surface area contributed by atoms with Crippen LogP contribution < -0.4 is 0 Å². The summed E-state index contributed by atoms with van der Waals surface area (Å²) in [6.07, 6.45) is 11.0. The van der Waals surface area contributed by atoms with E-state index >= 15 is 0 Å². The number of hydrogen-bond donors (Lipinski definition) is 1. The van der Waals surface area contributed by atoms with Crippen LogP contribution in [0, 0.1) is 12.3 Å². The Bertz CT molecular complexity index is 363. The van der Waals surface area contributed by atoms with E-state index in [2.05, 4.69) is 11.0 Å². The van der Waals surface area contributed by atoms with Gasteiger partial charge in [0.05, 0.1) is 6.20 Å². The Hall–Kier alpha value is -1.76. The Kier molecular flexibility index (Phi) is 4.42. The third-order valence-electron chi connectivity index (χ3n) is 2.02. The third-order valence-corrected chi connectivity index (χ3v) is 2.02. The Morgan fingerprint density at radius 3 is 3.13 bits per heavy atom. The average molecular weight is 206 g/mol. The van der Waals surface area contributed by atoms with Crippen molar-refractivity contribution in [2.75, 3.05) is 0 Å². The summed E-state index contributed by atoms with van der Waals surface area (Å²) in [5.41, 5.74) is 0.957. The number of aliphatic carboxylic acids is 1. The predicted molar refractivity (Wildman–Crippen MR) is 56.3 cm³/mol. The van der Waals surface area contributed by atoms with Crippen LogP contribution in [0.1, 0.15) is 24.8 Å². The van der Waals surface area contributed by atoms with E-state index in [4.69, 9.17) is 11.5 Å². The first-order chi connectivity index (χ1) is 7.22. The summed E-state index contributed by atoms with van der Waals surface area (Å²) in [5, 5.41) is 12.6. The van der Waals surface area contributed by atoms with Crippen LogP contribution in [0.2, 0.25) is 0 Å². The van der Waals surface area contributed by atoms with Gasteiger partial charge in [0.2, 0.25) is 0 Å². The van der Waals surface area contributed by atoms with E-state index in [1.54, 1.807) is 10.9 Å². The number of carboxylic acid groups (broad SMARTS) is 1. The SMILES string of the molecule is C#CCCCn1cc(CCC(=O)O)cn1. The minimum absolute atomic E-state index is 0.149. The van der Waals surface area contributed by atoms with Gasteiger partial charge < -0.3 is 5.11 Å². The quantitative estimate of drug-likeness (QED) is 0.564. The number of aromatic nitrogens is 2. The number of carboxylic acids is 1. The average Bonchev–Trinajstić information content (AvgIpc) is 2.63. The lowest BCUT2D eigenvalue weighted by Crippen LogP contribution is -1.98. The summed E-state index contributed by atoms with van der Waals surface area (Å²) < 4.78 is 1.80. The van der Waals surface area contributed by atoms with Crippen molar-refractivity contribution >= 4 is 5.97 Å². The second kappa shape index (κ2) is 5.86. The van der Waals surface area contributed by atoms with E-state index in [0.717, 1.165) is 24.9 Å². The molecule has 4 heteroatoms. The molecule has 1 heterocycles. The van der Waals surface area contributed by atoms with E-state index < -0.39 is 5.97 Å². The van der Waals surface area contributed by atoms with Crippen molar-refractivity contribution in [3.63, 3.8) is 0 Å². The molecular formula is C11H14N2O2. The van der Waals surface area contributed by atoms with Gasteiger partial charge in [0.15, 0.2) is 0 Å². The van der Waals surface area contributed by atoms with Crippen molar-refractivity contribution in [3.05, 3.63) is 18.0 Å². The van der Waals surface area contributed by atoms with Gasteiger partial charge in [-0.3, -0.25) is 9.48 Å². The fraction of sp³-hybridized carbons (Fsp3) is 0.455. The van der Waals surface area contributed by atoms with Crippen molar-refractivity contribution in [2.24, 2.45) is 0 Å². The van der Waals surface area contributed by atoms with Gasteiger partial charge in [-0.25, -0.2) is 0 Å². The first kappa shape index (κ1) is 11.3. The standard InChI is InChI=1S/C11H14N2O2/c1-2-3-4-7-13-9-10(8-12-13)5-6-11(14)15/h1,8-9H,3-7H2,(H,14,15). The lowest BCUT2D eigenvalue weighted by Gasteiger charge is -1.97. The molecule has 1 N–H and O–H groups in total. The molecular weight excluding hydrogens is 192 g/mol. The van der Waals surface area contributed by atoms with Gasteiger partial charge in [0.1, 0.15) is 0 Å². The Morgan fingerprint density at radius 2 is 2.47 bits per heavy atom. The molecule has 0 aliphatic heterocycles. The summed E-state index contributed by atoms with van der Waals surface area (Å²) >= 11 is 0. The molecule has 0 bridgehead atoms. The molecule has 0 radical (unpaired) electrons. The Labute approximate surface area is 88.9 Å². The van der Waals surface area contributed by atoms with Crippen molar-refractivity contribution in [2.45, 2.75) is 32.2 Å². The molecule has 4 nitrogen and oxygen atoms in total. The third kappa shape index (κ3) is 4.32. The number of nitrogens with zero attached hydrogens (tertiary/aromatic N) is 2. The topological polar surface area (TPSA) is 55.1 Å². The molecule has 0 atom stereocenters. The highest BCUT2D eigenvalue weighted by molar-refractivity contribution is 5.67. The molecule has 80 valence electrons. The fourth-order valence-electron chi connectivity index (χ4n) is 1.25. The first-order valence-corrected chi connectivity index (χ1v) is 4.89. The molecule has 0 spiro atoms. The number of carbonyl (C=O) groups is 1. The molecule has 0 amide bonds. The number of rotatable bonds is 6.